The van der Waals surface area contributed by atoms with Gasteiger partial charge in [-0.1, -0.05) is 24.3 Å². The van der Waals surface area contributed by atoms with Crippen LogP contribution < -0.4 is 5.32 Å². The first-order valence-corrected chi connectivity index (χ1v) is 7.60. The molecule has 0 bridgehead atoms. The first kappa shape index (κ1) is 18.0. The van der Waals surface area contributed by atoms with Crippen molar-refractivity contribution in [2.75, 3.05) is 6.54 Å². The Morgan fingerprint density at radius 1 is 1.04 bits per heavy atom. The minimum absolute atomic E-state index is 0.0923. The topological polar surface area (TPSA) is 49.3 Å². The number of carbonyl (C=O) groups excluding carboxylic acids is 1. The molecule has 1 unspecified atom stereocenters. The van der Waals surface area contributed by atoms with E-state index in [0.29, 0.717) is 18.4 Å². The molecule has 0 aliphatic rings. The Balaban J connectivity index is 1.73. The Hall–Kier alpha value is -2.34. The van der Waals surface area contributed by atoms with Gasteiger partial charge in [-0.3, -0.25) is 4.79 Å². The molecule has 1 amide bonds. The number of rotatable bonds is 7. The van der Waals surface area contributed by atoms with Crippen LogP contribution >= 0.6 is 0 Å². The van der Waals surface area contributed by atoms with Crippen LogP contribution in [0.5, 0.6) is 0 Å². The molecule has 24 heavy (non-hydrogen) atoms. The Kier molecular flexibility index (Phi) is 6.37. The number of hydrogen-bond acceptors (Lipinski definition) is 2. The van der Waals surface area contributed by atoms with E-state index in [1.165, 1.54) is 24.3 Å². The molecule has 2 rings (SSSR count). The summed E-state index contributed by atoms with van der Waals surface area (Å²) in [7, 11) is 0. The summed E-state index contributed by atoms with van der Waals surface area (Å²) in [5.41, 5.74) is 0.729. The molecule has 0 aromatic heterocycles. The number of aryl methyl sites for hydroxylation is 1. The summed E-state index contributed by atoms with van der Waals surface area (Å²) in [4.78, 5) is 11.7. The number of nitrogens with one attached hydrogen (secondary N) is 1. The van der Waals surface area contributed by atoms with Gasteiger partial charge in [0.05, 0.1) is 6.10 Å². The highest BCUT2D eigenvalue weighted by atomic mass is 19.2. The highest BCUT2D eigenvalue weighted by Crippen LogP contribution is 2.16. The molecule has 2 aromatic carbocycles. The molecule has 6 heteroatoms. The molecule has 0 saturated carbocycles. The van der Waals surface area contributed by atoms with Crippen LogP contribution in [0, 0.1) is 17.5 Å². The van der Waals surface area contributed by atoms with Gasteiger partial charge in [0.2, 0.25) is 5.91 Å². The summed E-state index contributed by atoms with van der Waals surface area (Å²) < 4.78 is 39.3. The van der Waals surface area contributed by atoms with Crippen LogP contribution in [0.25, 0.3) is 0 Å². The average Bonchev–Trinajstić information content (AvgIpc) is 2.56. The molecule has 0 spiro atoms. The predicted octanol–water partition coefficient (Wildman–Crippen LogP) is 3.28. The smallest absolute Gasteiger partial charge is 0.220 e. The highest BCUT2D eigenvalue weighted by Gasteiger charge is 2.13. The van der Waals surface area contributed by atoms with Gasteiger partial charge in [-0.25, -0.2) is 13.2 Å². The second-order valence-corrected chi connectivity index (χ2v) is 5.44. The Labute approximate surface area is 138 Å². The van der Waals surface area contributed by atoms with E-state index in [2.05, 4.69) is 5.32 Å². The fraction of sp³-hybridized carbons (Fsp3) is 0.278. The van der Waals surface area contributed by atoms with Gasteiger partial charge in [-0.15, -0.1) is 0 Å². The summed E-state index contributed by atoms with van der Waals surface area (Å²) in [5.74, 6) is -2.64. The van der Waals surface area contributed by atoms with Gasteiger partial charge < -0.3 is 10.4 Å². The molecule has 0 fully saturated rings. The van der Waals surface area contributed by atoms with Crippen molar-refractivity contribution in [2.24, 2.45) is 0 Å². The summed E-state index contributed by atoms with van der Waals surface area (Å²) in [5, 5.41) is 12.4. The Bertz CT molecular complexity index is 706. The third-order valence-corrected chi connectivity index (χ3v) is 3.61. The fourth-order valence-corrected chi connectivity index (χ4v) is 2.30. The number of aliphatic hydroxyl groups is 1. The van der Waals surface area contributed by atoms with E-state index in [0.717, 1.165) is 12.1 Å². The first-order valence-electron chi connectivity index (χ1n) is 7.60. The second-order valence-electron chi connectivity index (χ2n) is 5.44. The van der Waals surface area contributed by atoms with Crippen molar-refractivity contribution in [2.45, 2.75) is 25.4 Å². The SMILES string of the molecule is O=C(CCCc1ccc(F)c(F)c1)NCC(O)c1ccccc1F. The lowest BCUT2D eigenvalue weighted by Gasteiger charge is -2.13. The van der Waals surface area contributed by atoms with Crippen molar-refractivity contribution in [3.63, 3.8) is 0 Å². The minimum atomic E-state index is -1.12. The van der Waals surface area contributed by atoms with Gasteiger partial charge in [-0.05, 0) is 36.6 Å². The summed E-state index contributed by atoms with van der Waals surface area (Å²) in [6.45, 7) is -0.0923. The van der Waals surface area contributed by atoms with Crippen LogP contribution in [0.4, 0.5) is 13.2 Å². The van der Waals surface area contributed by atoms with Crippen LogP contribution in [0.3, 0.4) is 0 Å². The van der Waals surface area contributed by atoms with Gasteiger partial charge in [0.15, 0.2) is 11.6 Å². The molecule has 0 aliphatic heterocycles. The molecular weight excluding hydrogens is 319 g/mol. The van der Waals surface area contributed by atoms with Gasteiger partial charge in [0.1, 0.15) is 5.82 Å². The van der Waals surface area contributed by atoms with Gasteiger partial charge in [0, 0.05) is 18.5 Å². The van der Waals surface area contributed by atoms with Crippen LogP contribution in [0.1, 0.15) is 30.1 Å². The molecule has 0 saturated heterocycles. The van der Waals surface area contributed by atoms with E-state index < -0.39 is 23.6 Å². The quantitative estimate of drug-likeness (QED) is 0.815. The Morgan fingerprint density at radius 2 is 1.79 bits per heavy atom. The third-order valence-electron chi connectivity index (χ3n) is 3.61. The van der Waals surface area contributed by atoms with Crippen LogP contribution in [-0.2, 0) is 11.2 Å². The minimum Gasteiger partial charge on any atom is -0.386 e. The number of aliphatic hydroxyl groups excluding tert-OH is 1. The van der Waals surface area contributed by atoms with Crippen molar-refractivity contribution in [1.29, 1.82) is 0 Å². The van der Waals surface area contributed by atoms with Crippen LogP contribution in [-0.4, -0.2) is 17.6 Å². The maximum absolute atomic E-state index is 13.5. The number of carbonyl (C=O) groups is 1. The zero-order valence-corrected chi connectivity index (χ0v) is 12.9. The largest absolute Gasteiger partial charge is 0.386 e. The number of benzene rings is 2. The standard InChI is InChI=1S/C18H18F3NO2/c19-14-6-2-1-5-13(14)17(23)11-22-18(24)7-3-4-12-8-9-15(20)16(21)10-12/h1-2,5-6,8-10,17,23H,3-4,7,11H2,(H,22,24). The molecule has 128 valence electrons. The summed E-state index contributed by atoms with van der Waals surface area (Å²) in [6.07, 6.45) is -0.0720. The van der Waals surface area contributed by atoms with E-state index in [9.17, 15) is 23.1 Å². The van der Waals surface area contributed by atoms with E-state index in [1.54, 1.807) is 6.07 Å². The zero-order valence-electron chi connectivity index (χ0n) is 12.9. The lowest BCUT2D eigenvalue weighted by Crippen LogP contribution is -2.28. The molecule has 0 aliphatic carbocycles. The average molecular weight is 337 g/mol. The van der Waals surface area contributed by atoms with Crippen molar-refractivity contribution >= 4 is 5.91 Å². The van der Waals surface area contributed by atoms with Crippen molar-refractivity contribution < 1.29 is 23.1 Å². The molecule has 2 N–H and O–H groups in total. The fourth-order valence-electron chi connectivity index (χ4n) is 2.30. The van der Waals surface area contributed by atoms with Gasteiger partial charge in [-0.2, -0.15) is 0 Å². The third kappa shape index (κ3) is 5.09. The Morgan fingerprint density at radius 3 is 2.50 bits per heavy atom. The molecule has 0 radical (unpaired) electrons. The number of hydrogen-bond donors (Lipinski definition) is 2. The molecule has 0 heterocycles. The van der Waals surface area contributed by atoms with Gasteiger partial charge in [0.25, 0.3) is 0 Å². The molecular formula is C18H18F3NO2. The predicted molar refractivity (Wildman–Crippen MR) is 83.7 cm³/mol. The highest BCUT2D eigenvalue weighted by molar-refractivity contribution is 5.75. The second kappa shape index (κ2) is 8.49. The van der Waals surface area contributed by atoms with E-state index in [-0.39, 0.29) is 24.4 Å². The van der Waals surface area contributed by atoms with E-state index in [1.807, 2.05) is 0 Å². The van der Waals surface area contributed by atoms with Crippen molar-refractivity contribution in [1.82, 2.24) is 5.32 Å². The van der Waals surface area contributed by atoms with Crippen LogP contribution in [0.15, 0.2) is 42.5 Å². The van der Waals surface area contributed by atoms with Crippen molar-refractivity contribution in [3.8, 4) is 0 Å². The normalized spacial score (nSPS) is 12.0. The molecule has 3 nitrogen and oxygen atoms in total. The van der Waals surface area contributed by atoms with E-state index >= 15 is 0 Å². The van der Waals surface area contributed by atoms with Crippen LogP contribution in [0.2, 0.25) is 0 Å². The monoisotopic (exact) mass is 337 g/mol. The zero-order chi connectivity index (χ0) is 17.5. The van der Waals surface area contributed by atoms with Crippen molar-refractivity contribution in [3.05, 3.63) is 71.0 Å². The van der Waals surface area contributed by atoms with Gasteiger partial charge >= 0.3 is 0 Å². The summed E-state index contributed by atoms with van der Waals surface area (Å²) >= 11 is 0. The molecule has 1 atom stereocenters. The molecule has 2 aromatic rings. The summed E-state index contributed by atoms with van der Waals surface area (Å²) in [6, 6.07) is 9.44. The number of halogens is 3. The van der Waals surface area contributed by atoms with E-state index in [4.69, 9.17) is 0 Å². The number of amides is 1. The maximum Gasteiger partial charge on any atom is 0.220 e. The lowest BCUT2D eigenvalue weighted by molar-refractivity contribution is -0.121. The maximum atomic E-state index is 13.5. The lowest BCUT2D eigenvalue weighted by atomic mass is 10.1. The first-order chi connectivity index (χ1) is 11.5.